The molecule has 0 aliphatic carbocycles. The summed E-state index contributed by atoms with van der Waals surface area (Å²) in [6.45, 7) is -0.562. The molecule has 1 saturated heterocycles. The smallest absolute Gasteiger partial charge is 0.229 e. The molecule has 152 valence electrons. The number of aromatic nitrogens is 1. The zero-order valence-electron chi connectivity index (χ0n) is 15.1. The van der Waals surface area contributed by atoms with Gasteiger partial charge in [0, 0.05) is 12.3 Å². The molecule has 0 saturated carbocycles. The van der Waals surface area contributed by atoms with Gasteiger partial charge >= 0.3 is 0 Å². The van der Waals surface area contributed by atoms with Crippen LogP contribution >= 0.6 is 0 Å². The van der Waals surface area contributed by atoms with Crippen molar-refractivity contribution in [3.8, 4) is 17.0 Å². The van der Waals surface area contributed by atoms with Gasteiger partial charge in [0.2, 0.25) is 11.7 Å². The summed E-state index contributed by atoms with van der Waals surface area (Å²) in [5.41, 5.74) is 0.798. The number of benzene rings is 1. The third-order valence-electron chi connectivity index (χ3n) is 4.79. The molecule has 1 aromatic carbocycles. The number of aliphatic hydroxyl groups is 4. The third-order valence-corrected chi connectivity index (χ3v) is 4.79. The van der Waals surface area contributed by atoms with Crippen LogP contribution in [0.15, 0.2) is 58.1 Å². The van der Waals surface area contributed by atoms with E-state index in [0.717, 1.165) is 0 Å². The molecule has 1 aliphatic heterocycles. The largest absolute Gasteiger partial charge is 0.463 e. The SMILES string of the molecule is O=c1c(-c2ccccn2)coc2cc(O[C@@H]3O[C@H](CO)[C@H](O)[C@@H](O)[C@@H]3O)ccc12. The van der Waals surface area contributed by atoms with Gasteiger partial charge in [-0.05, 0) is 24.3 Å². The van der Waals surface area contributed by atoms with Crippen molar-refractivity contribution in [1.29, 1.82) is 0 Å². The Morgan fingerprint density at radius 1 is 1.07 bits per heavy atom. The van der Waals surface area contributed by atoms with Gasteiger partial charge < -0.3 is 34.3 Å². The minimum Gasteiger partial charge on any atom is -0.463 e. The summed E-state index contributed by atoms with van der Waals surface area (Å²) < 4.78 is 16.4. The number of aliphatic hydroxyl groups excluding tert-OH is 4. The first-order valence-corrected chi connectivity index (χ1v) is 8.93. The third kappa shape index (κ3) is 3.61. The van der Waals surface area contributed by atoms with Crippen molar-refractivity contribution in [1.82, 2.24) is 4.98 Å². The molecule has 4 rings (SSSR count). The number of ether oxygens (including phenoxy) is 2. The Kier molecular flexibility index (Phi) is 5.31. The number of nitrogens with zero attached hydrogens (tertiary/aromatic N) is 1. The predicted octanol–water partition coefficient (Wildman–Crippen LogP) is 0.0337. The van der Waals surface area contributed by atoms with Gasteiger partial charge in [-0.3, -0.25) is 9.78 Å². The van der Waals surface area contributed by atoms with Crippen molar-refractivity contribution >= 4 is 11.0 Å². The fourth-order valence-corrected chi connectivity index (χ4v) is 3.18. The summed E-state index contributed by atoms with van der Waals surface area (Å²) in [4.78, 5) is 16.9. The summed E-state index contributed by atoms with van der Waals surface area (Å²) in [5.74, 6) is 0.204. The highest BCUT2D eigenvalue weighted by Crippen LogP contribution is 2.27. The van der Waals surface area contributed by atoms with Crippen LogP contribution < -0.4 is 10.2 Å². The Morgan fingerprint density at radius 2 is 1.90 bits per heavy atom. The predicted molar refractivity (Wildman–Crippen MR) is 100 cm³/mol. The van der Waals surface area contributed by atoms with Gasteiger partial charge in [0.15, 0.2) is 0 Å². The van der Waals surface area contributed by atoms with Crippen LogP contribution in [0.4, 0.5) is 0 Å². The monoisotopic (exact) mass is 401 g/mol. The van der Waals surface area contributed by atoms with Crippen molar-refractivity contribution in [3.63, 3.8) is 0 Å². The van der Waals surface area contributed by atoms with E-state index in [9.17, 15) is 25.2 Å². The topological polar surface area (TPSA) is 142 Å². The Balaban J connectivity index is 1.62. The first-order valence-electron chi connectivity index (χ1n) is 8.93. The van der Waals surface area contributed by atoms with Crippen LogP contribution in [0.2, 0.25) is 0 Å². The number of hydrogen-bond acceptors (Lipinski definition) is 9. The molecule has 1 aliphatic rings. The molecule has 0 amide bonds. The van der Waals surface area contributed by atoms with E-state index >= 15 is 0 Å². The van der Waals surface area contributed by atoms with Gasteiger partial charge in [-0.25, -0.2) is 0 Å². The quantitative estimate of drug-likeness (QED) is 0.476. The molecule has 0 unspecified atom stereocenters. The number of rotatable bonds is 4. The molecule has 3 heterocycles. The normalized spacial score (nSPS) is 27.1. The number of pyridine rings is 1. The van der Waals surface area contributed by atoms with E-state index < -0.39 is 37.3 Å². The average molecular weight is 401 g/mol. The lowest BCUT2D eigenvalue weighted by atomic mass is 9.99. The molecule has 1 fully saturated rings. The fourth-order valence-electron chi connectivity index (χ4n) is 3.18. The molecule has 0 spiro atoms. The molecule has 0 radical (unpaired) electrons. The molecular weight excluding hydrogens is 382 g/mol. The van der Waals surface area contributed by atoms with Crippen molar-refractivity contribution in [2.75, 3.05) is 6.61 Å². The Bertz CT molecular complexity index is 1050. The van der Waals surface area contributed by atoms with E-state index in [-0.39, 0.29) is 16.8 Å². The van der Waals surface area contributed by atoms with Gasteiger partial charge in [0.1, 0.15) is 42.0 Å². The van der Waals surface area contributed by atoms with Crippen LogP contribution in [0.3, 0.4) is 0 Å². The Hall–Kier alpha value is -2.82. The van der Waals surface area contributed by atoms with Crippen LogP contribution in [0.5, 0.6) is 5.75 Å². The maximum Gasteiger partial charge on any atom is 0.229 e. The van der Waals surface area contributed by atoms with Gasteiger partial charge in [-0.15, -0.1) is 0 Å². The van der Waals surface area contributed by atoms with Gasteiger partial charge in [-0.1, -0.05) is 6.07 Å². The lowest BCUT2D eigenvalue weighted by Crippen LogP contribution is -2.60. The summed E-state index contributed by atoms with van der Waals surface area (Å²) in [6, 6.07) is 9.66. The van der Waals surface area contributed by atoms with Crippen LogP contribution in [0, 0.1) is 0 Å². The fraction of sp³-hybridized carbons (Fsp3) is 0.300. The van der Waals surface area contributed by atoms with Crippen LogP contribution in [-0.2, 0) is 4.74 Å². The average Bonchev–Trinajstić information content (AvgIpc) is 2.75. The van der Waals surface area contributed by atoms with Gasteiger partial charge in [-0.2, -0.15) is 0 Å². The minimum absolute atomic E-state index is 0.204. The van der Waals surface area contributed by atoms with E-state index in [4.69, 9.17) is 13.9 Å². The molecule has 9 heteroatoms. The molecular formula is C20H19NO8. The lowest BCUT2D eigenvalue weighted by Gasteiger charge is -2.39. The summed E-state index contributed by atoms with van der Waals surface area (Å²) >= 11 is 0. The molecule has 4 N–H and O–H groups in total. The molecule has 3 aromatic rings. The first-order chi connectivity index (χ1) is 14.0. The second-order valence-corrected chi connectivity index (χ2v) is 6.67. The minimum atomic E-state index is -1.55. The molecule has 0 bridgehead atoms. The zero-order chi connectivity index (χ0) is 20.5. The Morgan fingerprint density at radius 3 is 2.62 bits per heavy atom. The maximum absolute atomic E-state index is 12.7. The molecule has 9 nitrogen and oxygen atoms in total. The van der Waals surface area contributed by atoms with Crippen molar-refractivity contribution in [2.24, 2.45) is 0 Å². The summed E-state index contributed by atoms with van der Waals surface area (Å²) in [5, 5.41) is 39.3. The highest BCUT2D eigenvalue weighted by atomic mass is 16.7. The second kappa shape index (κ2) is 7.90. The Labute approximate surface area is 164 Å². The van der Waals surface area contributed by atoms with Gasteiger partial charge in [0.05, 0.1) is 23.3 Å². The highest BCUT2D eigenvalue weighted by molar-refractivity contribution is 5.81. The van der Waals surface area contributed by atoms with Crippen molar-refractivity contribution in [2.45, 2.75) is 30.7 Å². The zero-order valence-corrected chi connectivity index (χ0v) is 15.1. The van der Waals surface area contributed by atoms with E-state index in [1.54, 1.807) is 24.4 Å². The van der Waals surface area contributed by atoms with Crippen molar-refractivity contribution in [3.05, 3.63) is 59.1 Å². The first kappa shape index (κ1) is 19.5. The molecule has 29 heavy (non-hydrogen) atoms. The molecule has 2 aromatic heterocycles. The maximum atomic E-state index is 12.7. The lowest BCUT2D eigenvalue weighted by molar-refractivity contribution is -0.277. The van der Waals surface area contributed by atoms with E-state index in [1.165, 1.54) is 24.5 Å². The number of fused-ring (bicyclic) bond motifs is 1. The van der Waals surface area contributed by atoms with Gasteiger partial charge in [0.25, 0.3) is 0 Å². The van der Waals surface area contributed by atoms with Crippen LogP contribution in [-0.4, -0.2) is 62.7 Å². The van der Waals surface area contributed by atoms with E-state index in [1.807, 2.05) is 0 Å². The standard InChI is InChI=1S/C20H19NO8/c22-8-15-17(24)18(25)19(26)20(29-15)28-10-4-5-11-14(7-10)27-9-12(16(11)23)13-3-1-2-6-21-13/h1-7,9,15,17-20,22,24-26H,8H2/t15-,17+,18-,19+,20-/m1/s1. The van der Waals surface area contributed by atoms with E-state index in [2.05, 4.69) is 4.98 Å². The second-order valence-electron chi connectivity index (χ2n) is 6.67. The van der Waals surface area contributed by atoms with Crippen LogP contribution in [0.1, 0.15) is 0 Å². The summed E-state index contributed by atoms with van der Waals surface area (Å²) in [7, 11) is 0. The van der Waals surface area contributed by atoms with E-state index in [0.29, 0.717) is 16.6 Å². The number of hydrogen-bond donors (Lipinski definition) is 4. The molecule has 5 atom stereocenters. The van der Waals surface area contributed by atoms with Crippen molar-refractivity contribution < 1.29 is 34.3 Å². The summed E-state index contributed by atoms with van der Waals surface area (Å²) in [6.07, 6.45) is -4.09. The van der Waals surface area contributed by atoms with Crippen LogP contribution in [0.25, 0.3) is 22.2 Å². The highest BCUT2D eigenvalue weighted by Gasteiger charge is 2.44.